The molecule has 1 aliphatic carbocycles. The Morgan fingerprint density at radius 3 is 2.44 bits per heavy atom. The van der Waals surface area contributed by atoms with Crippen LogP contribution in [-0.2, 0) is 16.4 Å². The van der Waals surface area contributed by atoms with Crippen molar-refractivity contribution in [2.75, 3.05) is 13.3 Å². The topological polar surface area (TPSA) is 114 Å². The van der Waals surface area contributed by atoms with Crippen molar-refractivity contribution in [1.29, 1.82) is 5.26 Å². The lowest BCUT2D eigenvalue weighted by Gasteiger charge is -2.29. The van der Waals surface area contributed by atoms with E-state index >= 15 is 0 Å². The van der Waals surface area contributed by atoms with Gasteiger partial charge >= 0.3 is 0 Å². The van der Waals surface area contributed by atoms with Crippen molar-refractivity contribution in [2.45, 2.75) is 49.6 Å². The second-order valence-corrected chi connectivity index (χ2v) is 9.44. The van der Waals surface area contributed by atoms with Gasteiger partial charge in [0.05, 0.1) is 24.0 Å². The van der Waals surface area contributed by atoms with E-state index in [1.165, 1.54) is 0 Å². The summed E-state index contributed by atoms with van der Waals surface area (Å²) in [5.41, 5.74) is 2.55. The minimum absolute atomic E-state index is 0.151. The lowest BCUT2D eigenvalue weighted by Crippen LogP contribution is -2.38. The minimum Gasteiger partial charge on any atom is -0.318 e. The molecule has 1 fully saturated rings. The summed E-state index contributed by atoms with van der Waals surface area (Å²) in [6, 6.07) is 2.87. The zero-order chi connectivity index (χ0) is 22.9. The summed E-state index contributed by atoms with van der Waals surface area (Å²) in [4.78, 5) is 12.7. The van der Waals surface area contributed by atoms with E-state index in [0.717, 1.165) is 43.6 Å². The first-order valence-electron chi connectivity index (χ1n) is 10.3. The summed E-state index contributed by atoms with van der Waals surface area (Å²) in [7, 11) is -4.19. The van der Waals surface area contributed by atoms with Crippen LogP contribution in [0.15, 0.2) is 29.6 Å². The van der Waals surface area contributed by atoms with Crippen molar-refractivity contribution < 1.29 is 17.2 Å². The van der Waals surface area contributed by atoms with Crippen molar-refractivity contribution >= 4 is 21.1 Å². The summed E-state index contributed by atoms with van der Waals surface area (Å²) < 4.78 is 54.2. The normalized spacial score (nSPS) is 14.6. The Hall–Kier alpha value is -2.97. The molecule has 11 heteroatoms. The van der Waals surface area contributed by atoms with E-state index in [2.05, 4.69) is 21.0 Å². The van der Waals surface area contributed by atoms with Crippen LogP contribution in [0.2, 0.25) is 0 Å². The molecule has 0 radical (unpaired) electrons. The van der Waals surface area contributed by atoms with E-state index in [0.29, 0.717) is 22.3 Å². The summed E-state index contributed by atoms with van der Waals surface area (Å²) in [5.74, 6) is 0.191. The van der Waals surface area contributed by atoms with Gasteiger partial charge in [-0.25, -0.2) is 36.9 Å². The van der Waals surface area contributed by atoms with Crippen LogP contribution in [0.25, 0.3) is 22.6 Å². The van der Waals surface area contributed by atoms with Crippen molar-refractivity contribution in [3.8, 4) is 17.6 Å². The lowest BCUT2D eigenvalue weighted by molar-refractivity contribution is 0.322. The van der Waals surface area contributed by atoms with Crippen LogP contribution >= 0.6 is 0 Å². The maximum atomic E-state index is 12.7. The Bertz CT molecular complexity index is 1280. The molecule has 0 atom stereocenters. The number of rotatable bonds is 8. The molecule has 0 unspecified atom stereocenters. The molecule has 0 amide bonds. The highest BCUT2D eigenvalue weighted by molar-refractivity contribution is 7.89. The van der Waals surface area contributed by atoms with Gasteiger partial charge in [-0.15, -0.1) is 0 Å². The number of hydrogen-bond acceptors (Lipinski definition) is 6. The highest BCUT2D eigenvalue weighted by atomic mass is 32.2. The molecule has 1 aliphatic rings. The Labute approximate surface area is 184 Å². The molecular formula is C21H22F2N6O2S. The van der Waals surface area contributed by atoms with Crippen LogP contribution in [0.3, 0.4) is 0 Å². The molecular weight excluding hydrogens is 438 g/mol. The van der Waals surface area contributed by atoms with Gasteiger partial charge in [0.2, 0.25) is 10.0 Å². The van der Waals surface area contributed by atoms with Gasteiger partial charge in [-0.05, 0) is 37.3 Å². The van der Waals surface area contributed by atoms with Gasteiger partial charge in [-0.3, -0.25) is 0 Å². The first-order valence-corrected chi connectivity index (χ1v) is 11.8. The quantitative estimate of drug-likeness (QED) is 0.552. The third kappa shape index (κ3) is 3.84. The molecule has 32 heavy (non-hydrogen) atoms. The van der Waals surface area contributed by atoms with Gasteiger partial charge in [0.15, 0.2) is 5.82 Å². The number of nitrogens with one attached hydrogen (secondary N) is 1. The largest absolute Gasteiger partial charge is 0.318 e. The summed E-state index contributed by atoms with van der Waals surface area (Å²) in [6.45, 7) is -0.339. The van der Waals surface area contributed by atoms with Gasteiger partial charge in [-0.2, -0.15) is 5.26 Å². The second-order valence-electron chi connectivity index (χ2n) is 7.73. The van der Waals surface area contributed by atoms with Crippen LogP contribution in [0.5, 0.6) is 0 Å². The van der Waals surface area contributed by atoms with Gasteiger partial charge in [0, 0.05) is 17.6 Å². The molecule has 3 aromatic heterocycles. The summed E-state index contributed by atoms with van der Waals surface area (Å²) >= 11 is 0. The van der Waals surface area contributed by atoms with E-state index in [4.69, 9.17) is 0 Å². The first kappa shape index (κ1) is 22.2. The number of alkyl halides is 2. The maximum absolute atomic E-state index is 12.7. The molecule has 168 valence electrons. The Balaban J connectivity index is 1.82. The number of aromatic nitrogens is 4. The SMILES string of the molecule is CCc1cnc2c(c1)c(C#N)c(-c1ncc(S(=O)(=O)NC(CF)CF)cn1)n2C1CCC1. The molecule has 4 rings (SSSR count). The van der Waals surface area contributed by atoms with Crippen molar-refractivity contribution in [2.24, 2.45) is 0 Å². The monoisotopic (exact) mass is 460 g/mol. The zero-order valence-electron chi connectivity index (χ0n) is 17.4. The van der Waals surface area contributed by atoms with Crippen molar-refractivity contribution in [3.63, 3.8) is 0 Å². The molecule has 0 spiro atoms. The van der Waals surface area contributed by atoms with Crippen LogP contribution in [0.1, 0.15) is 43.4 Å². The summed E-state index contributed by atoms with van der Waals surface area (Å²) in [6.07, 6.45) is 7.64. The third-order valence-electron chi connectivity index (χ3n) is 5.70. The number of nitriles is 1. The van der Waals surface area contributed by atoms with Crippen LogP contribution in [0, 0.1) is 11.3 Å². The average Bonchev–Trinajstić information content (AvgIpc) is 3.09. The molecule has 0 bridgehead atoms. The first-order chi connectivity index (χ1) is 15.4. The molecule has 1 N–H and O–H groups in total. The predicted molar refractivity (Wildman–Crippen MR) is 114 cm³/mol. The third-order valence-corrected chi connectivity index (χ3v) is 7.18. The van der Waals surface area contributed by atoms with E-state index in [1.807, 2.05) is 22.3 Å². The fourth-order valence-electron chi connectivity index (χ4n) is 3.73. The Morgan fingerprint density at radius 1 is 1.22 bits per heavy atom. The van der Waals surface area contributed by atoms with Gasteiger partial charge < -0.3 is 4.57 Å². The van der Waals surface area contributed by atoms with E-state index in [1.54, 1.807) is 6.20 Å². The zero-order valence-corrected chi connectivity index (χ0v) is 18.2. The van der Waals surface area contributed by atoms with Gasteiger partial charge in [0.25, 0.3) is 0 Å². The van der Waals surface area contributed by atoms with Crippen LogP contribution in [0.4, 0.5) is 8.78 Å². The fourth-order valence-corrected chi connectivity index (χ4v) is 4.81. The highest BCUT2D eigenvalue weighted by Crippen LogP contribution is 2.41. The standard InChI is InChI=1S/C21H22F2N6O2S/c1-2-13-6-17-18(9-24)19(29(15-4-3-5-15)21(17)27-10-13)20-25-11-16(12-26-20)32(30,31)28-14(7-22)8-23/h6,10-12,14-15,28H,2-5,7-8H2,1H3. The number of sulfonamides is 1. The van der Waals surface area contributed by atoms with Gasteiger partial charge in [0.1, 0.15) is 35.7 Å². The smallest absolute Gasteiger partial charge is 0.244 e. The fraction of sp³-hybridized carbons (Fsp3) is 0.429. The van der Waals surface area contributed by atoms with Crippen molar-refractivity contribution in [3.05, 3.63) is 35.8 Å². The number of aryl methyl sites for hydroxylation is 1. The molecule has 3 aromatic rings. The van der Waals surface area contributed by atoms with Crippen LogP contribution < -0.4 is 4.72 Å². The highest BCUT2D eigenvalue weighted by Gasteiger charge is 2.30. The lowest BCUT2D eigenvalue weighted by atomic mass is 9.92. The average molecular weight is 461 g/mol. The molecule has 0 saturated heterocycles. The minimum atomic E-state index is -4.19. The van der Waals surface area contributed by atoms with Crippen molar-refractivity contribution in [1.82, 2.24) is 24.2 Å². The van der Waals surface area contributed by atoms with Crippen LogP contribution in [-0.4, -0.2) is 47.3 Å². The molecule has 3 heterocycles. The predicted octanol–water partition coefficient (Wildman–Crippen LogP) is 3.24. The number of fused-ring (bicyclic) bond motifs is 1. The number of nitrogens with zero attached hydrogens (tertiary/aromatic N) is 5. The number of hydrogen-bond donors (Lipinski definition) is 1. The molecule has 8 nitrogen and oxygen atoms in total. The number of halogens is 2. The maximum Gasteiger partial charge on any atom is 0.244 e. The van der Waals surface area contributed by atoms with Gasteiger partial charge in [-0.1, -0.05) is 6.92 Å². The van der Waals surface area contributed by atoms with E-state index in [9.17, 15) is 22.5 Å². The second kappa shape index (κ2) is 8.88. The van der Waals surface area contributed by atoms with E-state index < -0.39 is 29.4 Å². The molecule has 0 aliphatic heterocycles. The Morgan fingerprint density at radius 2 is 1.91 bits per heavy atom. The molecule has 1 saturated carbocycles. The number of pyridine rings is 1. The summed E-state index contributed by atoms with van der Waals surface area (Å²) in [5, 5.41) is 10.7. The Kier molecular flexibility index (Phi) is 6.17. The van der Waals surface area contributed by atoms with E-state index in [-0.39, 0.29) is 16.8 Å². The molecule has 0 aromatic carbocycles.